The number of morpholine rings is 1. The van der Waals surface area contributed by atoms with Gasteiger partial charge < -0.3 is 15.2 Å². The van der Waals surface area contributed by atoms with Gasteiger partial charge in [-0.2, -0.15) is 0 Å². The van der Waals surface area contributed by atoms with Crippen molar-refractivity contribution in [2.24, 2.45) is 5.73 Å². The van der Waals surface area contributed by atoms with Gasteiger partial charge in [0.15, 0.2) is 0 Å². The lowest BCUT2D eigenvalue weighted by molar-refractivity contribution is -0.0803. The van der Waals surface area contributed by atoms with Crippen LogP contribution in [0.2, 0.25) is 0 Å². The van der Waals surface area contributed by atoms with E-state index in [2.05, 4.69) is 18.7 Å². The summed E-state index contributed by atoms with van der Waals surface area (Å²) < 4.78 is 10.9. The Labute approximate surface area is 92.7 Å². The van der Waals surface area contributed by atoms with Crippen LogP contribution in [0.5, 0.6) is 0 Å². The van der Waals surface area contributed by atoms with Gasteiger partial charge in [0.25, 0.3) is 0 Å². The van der Waals surface area contributed by atoms with Gasteiger partial charge in [-0.3, -0.25) is 4.90 Å². The van der Waals surface area contributed by atoms with Gasteiger partial charge in [-0.25, -0.2) is 0 Å². The van der Waals surface area contributed by atoms with Crippen molar-refractivity contribution in [3.63, 3.8) is 0 Å². The third kappa shape index (κ3) is 3.41. The predicted octanol–water partition coefficient (Wildman–Crippen LogP) is 0.459. The molecule has 0 aromatic carbocycles. The average Bonchev–Trinajstić information content (AvgIpc) is 2.26. The molecule has 1 rings (SSSR count). The number of methoxy groups -OCH3 is 1. The molecule has 0 spiro atoms. The topological polar surface area (TPSA) is 47.7 Å². The number of nitrogens with zero attached hydrogens (tertiary/aromatic N) is 1. The molecule has 1 heterocycles. The Morgan fingerprint density at radius 1 is 1.60 bits per heavy atom. The van der Waals surface area contributed by atoms with E-state index in [1.165, 1.54) is 0 Å². The van der Waals surface area contributed by atoms with Crippen molar-refractivity contribution in [1.29, 1.82) is 0 Å². The van der Waals surface area contributed by atoms with Gasteiger partial charge in [-0.15, -0.1) is 0 Å². The minimum atomic E-state index is 0.304. The van der Waals surface area contributed by atoms with Gasteiger partial charge >= 0.3 is 0 Å². The van der Waals surface area contributed by atoms with Gasteiger partial charge in [-0.1, -0.05) is 6.92 Å². The second-order valence-electron chi connectivity index (χ2n) is 4.25. The molecular weight excluding hydrogens is 192 g/mol. The molecule has 90 valence electrons. The Hall–Kier alpha value is -0.160. The van der Waals surface area contributed by atoms with E-state index in [9.17, 15) is 0 Å². The average molecular weight is 216 g/mol. The number of hydrogen-bond acceptors (Lipinski definition) is 4. The van der Waals surface area contributed by atoms with Crippen LogP contribution >= 0.6 is 0 Å². The van der Waals surface area contributed by atoms with Crippen LogP contribution in [0.4, 0.5) is 0 Å². The molecule has 0 aromatic heterocycles. The summed E-state index contributed by atoms with van der Waals surface area (Å²) in [7, 11) is 1.73. The van der Waals surface area contributed by atoms with Gasteiger partial charge in [0.05, 0.1) is 19.3 Å². The van der Waals surface area contributed by atoms with Crippen LogP contribution in [0.3, 0.4) is 0 Å². The summed E-state index contributed by atoms with van der Waals surface area (Å²) in [6, 6.07) is 0.816. The lowest BCUT2D eigenvalue weighted by atomic mass is 10.1. The minimum absolute atomic E-state index is 0.304. The van der Waals surface area contributed by atoms with Crippen molar-refractivity contribution >= 4 is 0 Å². The molecule has 0 amide bonds. The van der Waals surface area contributed by atoms with E-state index in [0.717, 1.165) is 19.6 Å². The van der Waals surface area contributed by atoms with Crippen LogP contribution in [0.1, 0.15) is 20.3 Å². The Morgan fingerprint density at radius 2 is 2.33 bits per heavy atom. The quantitative estimate of drug-likeness (QED) is 0.725. The summed E-state index contributed by atoms with van der Waals surface area (Å²) in [5.74, 6) is 0. The summed E-state index contributed by atoms with van der Waals surface area (Å²) >= 11 is 0. The SMILES string of the molecule is CCC1COC(C)CN1C(CN)COC. The molecule has 1 saturated heterocycles. The molecule has 0 saturated carbocycles. The van der Waals surface area contributed by atoms with Gasteiger partial charge in [-0.05, 0) is 13.3 Å². The van der Waals surface area contributed by atoms with Gasteiger partial charge in [0.2, 0.25) is 0 Å². The van der Waals surface area contributed by atoms with Crippen LogP contribution in [-0.4, -0.2) is 56.5 Å². The Kier molecular flexibility index (Phi) is 5.53. The first-order valence-electron chi connectivity index (χ1n) is 5.79. The molecule has 4 heteroatoms. The monoisotopic (exact) mass is 216 g/mol. The third-order valence-electron chi connectivity index (χ3n) is 3.08. The van der Waals surface area contributed by atoms with E-state index >= 15 is 0 Å². The first-order valence-corrected chi connectivity index (χ1v) is 5.79. The lowest BCUT2D eigenvalue weighted by Gasteiger charge is -2.42. The largest absolute Gasteiger partial charge is 0.383 e. The number of hydrogen-bond donors (Lipinski definition) is 1. The predicted molar refractivity (Wildman–Crippen MR) is 60.9 cm³/mol. The smallest absolute Gasteiger partial charge is 0.0674 e. The van der Waals surface area contributed by atoms with E-state index in [4.69, 9.17) is 15.2 Å². The van der Waals surface area contributed by atoms with Crippen molar-refractivity contribution in [2.75, 3.05) is 33.4 Å². The summed E-state index contributed by atoms with van der Waals surface area (Å²) in [5, 5.41) is 0. The number of ether oxygens (including phenoxy) is 2. The highest BCUT2D eigenvalue weighted by Gasteiger charge is 2.30. The van der Waals surface area contributed by atoms with Crippen molar-refractivity contribution in [2.45, 2.75) is 38.5 Å². The summed E-state index contributed by atoms with van der Waals surface area (Å²) in [6.07, 6.45) is 1.41. The summed E-state index contributed by atoms with van der Waals surface area (Å²) in [4.78, 5) is 2.44. The zero-order valence-corrected chi connectivity index (χ0v) is 10.1. The van der Waals surface area contributed by atoms with Crippen molar-refractivity contribution in [1.82, 2.24) is 4.90 Å². The van der Waals surface area contributed by atoms with Gasteiger partial charge in [0, 0.05) is 32.3 Å². The summed E-state index contributed by atoms with van der Waals surface area (Å²) in [6.45, 7) is 7.44. The van der Waals surface area contributed by atoms with E-state index in [1.54, 1.807) is 7.11 Å². The van der Waals surface area contributed by atoms with Crippen molar-refractivity contribution in [3.05, 3.63) is 0 Å². The highest BCUT2D eigenvalue weighted by Crippen LogP contribution is 2.17. The Morgan fingerprint density at radius 3 is 2.87 bits per heavy atom. The molecule has 3 unspecified atom stereocenters. The second kappa shape index (κ2) is 6.43. The molecule has 1 fully saturated rings. The zero-order chi connectivity index (χ0) is 11.3. The van der Waals surface area contributed by atoms with Crippen LogP contribution in [0, 0.1) is 0 Å². The Balaban J connectivity index is 2.59. The lowest BCUT2D eigenvalue weighted by Crippen LogP contribution is -2.56. The summed E-state index contributed by atoms with van der Waals surface area (Å²) in [5.41, 5.74) is 5.79. The van der Waals surface area contributed by atoms with Crippen LogP contribution in [0.25, 0.3) is 0 Å². The fourth-order valence-corrected chi connectivity index (χ4v) is 2.16. The van der Waals surface area contributed by atoms with Crippen molar-refractivity contribution in [3.8, 4) is 0 Å². The Bertz CT molecular complexity index is 178. The molecule has 15 heavy (non-hydrogen) atoms. The van der Waals surface area contributed by atoms with Crippen molar-refractivity contribution < 1.29 is 9.47 Å². The molecule has 0 aliphatic carbocycles. The normalized spacial score (nSPS) is 30.4. The molecule has 0 aromatic rings. The van der Waals surface area contributed by atoms with Crippen LogP contribution in [-0.2, 0) is 9.47 Å². The highest BCUT2D eigenvalue weighted by molar-refractivity contribution is 4.84. The molecular formula is C11H24N2O2. The van der Waals surface area contributed by atoms with E-state index < -0.39 is 0 Å². The van der Waals surface area contributed by atoms with Crippen LogP contribution in [0.15, 0.2) is 0 Å². The second-order valence-corrected chi connectivity index (χ2v) is 4.25. The maximum Gasteiger partial charge on any atom is 0.0674 e. The molecule has 1 aliphatic heterocycles. The van der Waals surface area contributed by atoms with E-state index in [-0.39, 0.29) is 0 Å². The zero-order valence-electron chi connectivity index (χ0n) is 10.1. The third-order valence-corrected chi connectivity index (χ3v) is 3.08. The number of nitrogens with two attached hydrogens (primary N) is 1. The molecule has 2 N–H and O–H groups in total. The van der Waals surface area contributed by atoms with Gasteiger partial charge in [0.1, 0.15) is 0 Å². The fraction of sp³-hybridized carbons (Fsp3) is 1.00. The van der Waals surface area contributed by atoms with E-state index in [0.29, 0.717) is 31.3 Å². The molecule has 1 aliphatic rings. The maximum absolute atomic E-state index is 5.79. The van der Waals surface area contributed by atoms with E-state index in [1.807, 2.05) is 0 Å². The molecule has 3 atom stereocenters. The number of rotatable bonds is 5. The molecule has 0 bridgehead atoms. The highest BCUT2D eigenvalue weighted by atomic mass is 16.5. The first-order chi connectivity index (χ1) is 7.22. The maximum atomic E-state index is 5.79. The standard InChI is InChI=1S/C11H24N2O2/c1-4-10-8-15-9(2)6-13(10)11(5-12)7-14-3/h9-11H,4-8,12H2,1-3H3. The first kappa shape index (κ1) is 12.9. The molecule has 4 nitrogen and oxygen atoms in total. The minimum Gasteiger partial charge on any atom is -0.383 e. The molecule has 0 radical (unpaired) electrons. The van der Waals surface area contributed by atoms with Crippen LogP contribution < -0.4 is 5.73 Å². The fourth-order valence-electron chi connectivity index (χ4n) is 2.16.